The number of benzene rings is 1. The van der Waals surface area contributed by atoms with Crippen molar-refractivity contribution in [2.24, 2.45) is 0 Å². The number of anilines is 1. The largest absolute Gasteiger partial charge is 0.465 e. The van der Waals surface area contributed by atoms with Crippen molar-refractivity contribution < 1.29 is 17.9 Å². The molecule has 1 heterocycles. The minimum absolute atomic E-state index is 0.00296. The summed E-state index contributed by atoms with van der Waals surface area (Å²) in [4.78, 5) is 17.9. The number of esters is 1. The van der Waals surface area contributed by atoms with Crippen LogP contribution in [0.15, 0.2) is 35.5 Å². The standard InChI is InChI=1S/C12H13N3O4S/c1-8-3-4-9(11(16)19-2)7-10(8)20(17,18)15-12-13-5-6-14-12/h3-7H,1-2H3,(H2,13,14,15). The lowest BCUT2D eigenvalue weighted by Crippen LogP contribution is -2.16. The third-order valence-electron chi connectivity index (χ3n) is 2.63. The number of methoxy groups -OCH3 is 1. The first kappa shape index (κ1) is 14.1. The summed E-state index contributed by atoms with van der Waals surface area (Å²) in [5, 5.41) is 0. The molecule has 2 N–H and O–H groups in total. The Bertz CT molecular complexity index is 723. The zero-order chi connectivity index (χ0) is 14.8. The first-order valence-electron chi connectivity index (χ1n) is 5.65. The molecule has 0 aliphatic heterocycles. The van der Waals surface area contributed by atoms with Crippen molar-refractivity contribution >= 4 is 21.9 Å². The van der Waals surface area contributed by atoms with Crippen molar-refractivity contribution in [3.8, 4) is 0 Å². The highest BCUT2D eigenvalue weighted by Gasteiger charge is 2.20. The van der Waals surface area contributed by atoms with E-state index in [9.17, 15) is 13.2 Å². The van der Waals surface area contributed by atoms with Crippen LogP contribution < -0.4 is 4.72 Å². The third kappa shape index (κ3) is 2.80. The van der Waals surface area contributed by atoms with Crippen LogP contribution >= 0.6 is 0 Å². The maximum atomic E-state index is 12.3. The molecular weight excluding hydrogens is 282 g/mol. The Balaban J connectivity index is 2.42. The van der Waals surface area contributed by atoms with Gasteiger partial charge >= 0.3 is 5.97 Å². The Morgan fingerprint density at radius 3 is 2.75 bits per heavy atom. The zero-order valence-electron chi connectivity index (χ0n) is 10.9. The summed E-state index contributed by atoms with van der Waals surface area (Å²) in [6, 6.07) is 4.32. The summed E-state index contributed by atoms with van der Waals surface area (Å²) < 4.78 is 31.4. The Hall–Kier alpha value is -2.35. The van der Waals surface area contributed by atoms with E-state index in [0.717, 1.165) is 0 Å². The number of hydrogen-bond acceptors (Lipinski definition) is 5. The van der Waals surface area contributed by atoms with Gasteiger partial charge in [0.25, 0.3) is 10.0 Å². The molecule has 106 valence electrons. The minimum Gasteiger partial charge on any atom is -0.465 e. The van der Waals surface area contributed by atoms with Crippen LogP contribution in [0.1, 0.15) is 15.9 Å². The lowest BCUT2D eigenvalue weighted by atomic mass is 10.1. The van der Waals surface area contributed by atoms with Gasteiger partial charge in [0, 0.05) is 12.4 Å². The second-order valence-corrected chi connectivity index (χ2v) is 5.67. The van der Waals surface area contributed by atoms with Crippen LogP contribution in [0.2, 0.25) is 0 Å². The molecule has 0 radical (unpaired) electrons. The highest BCUT2D eigenvalue weighted by atomic mass is 32.2. The van der Waals surface area contributed by atoms with E-state index in [-0.39, 0.29) is 16.4 Å². The number of carbonyl (C=O) groups is 1. The maximum absolute atomic E-state index is 12.3. The van der Waals surface area contributed by atoms with E-state index < -0.39 is 16.0 Å². The predicted molar refractivity (Wildman–Crippen MR) is 71.9 cm³/mol. The maximum Gasteiger partial charge on any atom is 0.337 e. The molecule has 0 aliphatic rings. The van der Waals surface area contributed by atoms with E-state index in [1.807, 2.05) is 0 Å². The summed E-state index contributed by atoms with van der Waals surface area (Å²) in [5.41, 5.74) is 0.676. The molecule has 7 nitrogen and oxygen atoms in total. The third-order valence-corrected chi connectivity index (χ3v) is 4.11. The number of nitrogens with zero attached hydrogens (tertiary/aromatic N) is 1. The molecule has 0 aliphatic carbocycles. The van der Waals surface area contributed by atoms with Gasteiger partial charge in [-0.2, -0.15) is 0 Å². The summed E-state index contributed by atoms with van der Waals surface area (Å²) in [6.07, 6.45) is 2.92. The van der Waals surface area contributed by atoms with Crippen molar-refractivity contribution in [1.82, 2.24) is 9.97 Å². The molecule has 0 saturated carbocycles. The van der Waals surface area contributed by atoms with Crippen molar-refractivity contribution in [2.45, 2.75) is 11.8 Å². The van der Waals surface area contributed by atoms with Crippen LogP contribution in [0.25, 0.3) is 0 Å². The van der Waals surface area contributed by atoms with Gasteiger partial charge < -0.3 is 9.72 Å². The van der Waals surface area contributed by atoms with Crippen LogP contribution in [0.5, 0.6) is 0 Å². The van der Waals surface area contributed by atoms with Gasteiger partial charge in [0.05, 0.1) is 17.6 Å². The topological polar surface area (TPSA) is 101 Å². The molecule has 0 amide bonds. The van der Waals surface area contributed by atoms with Crippen LogP contribution in [-0.2, 0) is 14.8 Å². The molecule has 0 spiro atoms. The second-order valence-electron chi connectivity index (χ2n) is 4.02. The van der Waals surface area contributed by atoms with Crippen LogP contribution in [0, 0.1) is 6.92 Å². The van der Waals surface area contributed by atoms with E-state index in [2.05, 4.69) is 19.4 Å². The Kier molecular flexibility index (Phi) is 3.75. The molecule has 0 fully saturated rings. The van der Waals surface area contributed by atoms with Crippen molar-refractivity contribution in [3.05, 3.63) is 41.7 Å². The fourth-order valence-corrected chi connectivity index (χ4v) is 2.89. The predicted octanol–water partition coefficient (Wildman–Crippen LogP) is 1.31. The van der Waals surface area contributed by atoms with E-state index in [1.165, 1.54) is 31.6 Å². The van der Waals surface area contributed by atoms with Gasteiger partial charge in [0.2, 0.25) is 5.95 Å². The average Bonchev–Trinajstić information content (AvgIpc) is 2.90. The van der Waals surface area contributed by atoms with Gasteiger partial charge in [-0.25, -0.2) is 22.9 Å². The fraction of sp³-hybridized carbons (Fsp3) is 0.167. The molecule has 0 unspecified atom stereocenters. The summed E-state index contributed by atoms with van der Waals surface area (Å²) in [6.45, 7) is 1.64. The summed E-state index contributed by atoms with van der Waals surface area (Å²) in [5.74, 6) is -0.493. The quantitative estimate of drug-likeness (QED) is 0.828. The SMILES string of the molecule is COC(=O)c1ccc(C)c(S(=O)(=O)Nc2ncc[nH]2)c1. The smallest absolute Gasteiger partial charge is 0.337 e. The lowest BCUT2D eigenvalue weighted by Gasteiger charge is -2.09. The first-order valence-corrected chi connectivity index (χ1v) is 7.13. The lowest BCUT2D eigenvalue weighted by molar-refractivity contribution is 0.0600. The first-order chi connectivity index (χ1) is 9.44. The van der Waals surface area contributed by atoms with Gasteiger partial charge in [0.15, 0.2) is 0 Å². The highest BCUT2D eigenvalue weighted by molar-refractivity contribution is 7.92. The number of ether oxygens (including phenoxy) is 1. The molecule has 20 heavy (non-hydrogen) atoms. The number of H-pyrrole nitrogens is 1. The van der Waals surface area contributed by atoms with Crippen molar-refractivity contribution in [3.63, 3.8) is 0 Å². The van der Waals surface area contributed by atoms with Crippen LogP contribution in [0.3, 0.4) is 0 Å². The number of aromatic amines is 1. The molecule has 2 rings (SSSR count). The van der Waals surface area contributed by atoms with Crippen LogP contribution in [0.4, 0.5) is 5.95 Å². The Morgan fingerprint density at radius 2 is 2.15 bits per heavy atom. The molecule has 2 aromatic rings. The van der Waals surface area contributed by atoms with Gasteiger partial charge in [-0.1, -0.05) is 6.07 Å². The van der Waals surface area contributed by atoms with E-state index >= 15 is 0 Å². The summed E-state index contributed by atoms with van der Waals surface area (Å²) in [7, 11) is -2.60. The Labute approximate surface area is 116 Å². The van der Waals surface area contributed by atoms with E-state index in [4.69, 9.17) is 0 Å². The number of carbonyl (C=O) groups excluding carboxylic acids is 1. The van der Waals surface area contributed by atoms with Crippen LogP contribution in [-0.4, -0.2) is 31.5 Å². The second kappa shape index (κ2) is 5.33. The van der Waals surface area contributed by atoms with Gasteiger partial charge in [-0.05, 0) is 24.6 Å². The van der Waals surface area contributed by atoms with E-state index in [1.54, 1.807) is 13.0 Å². The van der Waals surface area contributed by atoms with Gasteiger partial charge in [-0.3, -0.25) is 0 Å². The Morgan fingerprint density at radius 1 is 1.40 bits per heavy atom. The molecule has 0 bridgehead atoms. The number of aryl methyl sites for hydroxylation is 1. The van der Waals surface area contributed by atoms with Gasteiger partial charge in [0.1, 0.15) is 0 Å². The molecule has 0 saturated heterocycles. The number of aromatic nitrogens is 2. The summed E-state index contributed by atoms with van der Waals surface area (Å²) >= 11 is 0. The molecular formula is C12H13N3O4S. The molecule has 1 aromatic heterocycles. The number of imidazole rings is 1. The monoisotopic (exact) mass is 295 g/mol. The molecule has 1 aromatic carbocycles. The number of hydrogen-bond donors (Lipinski definition) is 2. The number of nitrogens with one attached hydrogen (secondary N) is 2. The zero-order valence-corrected chi connectivity index (χ0v) is 11.7. The number of rotatable bonds is 4. The molecule has 0 atom stereocenters. The fourth-order valence-electron chi connectivity index (χ4n) is 1.64. The normalized spacial score (nSPS) is 11.1. The van der Waals surface area contributed by atoms with Crippen molar-refractivity contribution in [2.75, 3.05) is 11.8 Å². The van der Waals surface area contributed by atoms with Crippen molar-refractivity contribution in [1.29, 1.82) is 0 Å². The minimum atomic E-state index is -3.83. The van der Waals surface area contributed by atoms with Gasteiger partial charge in [-0.15, -0.1) is 0 Å². The number of sulfonamides is 1. The highest BCUT2D eigenvalue weighted by Crippen LogP contribution is 2.19. The average molecular weight is 295 g/mol. The molecule has 8 heteroatoms. The van der Waals surface area contributed by atoms with E-state index in [0.29, 0.717) is 5.56 Å².